The van der Waals surface area contributed by atoms with Crippen LogP contribution in [0.5, 0.6) is 0 Å². The SMILES string of the molecule is CCn1cc(CC(O)c2ccc3c(c2)CCCN3C)cn1. The van der Waals surface area contributed by atoms with E-state index in [1.54, 1.807) is 0 Å². The highest BCUT2D eigenvalue weighted by molar-refractivity contribution is 5.56. The maximum absolute atomic E-state index is 10.5. The Morgan fingerprint density at radius 3 is 3.00 bits per heavy atom. The van der Waals surface area contributed by atoms with Gasteiger partial charge in [-0.1, -0.05) is 12.1 Å². The molecule has 0 saturated heterocycles. The summed E-state index contributed by atoms with van der Waals surface area (Å²) < 4.78 is 1.89. The summed E-state index contributed by atoms with van der Waals surface area (Å²) >= 11 is 0. The summed E-state index contributed by atoms with van der Waals surface area (Å²) in [6.45, 7) is 4.04. The van der Waals surface area contributed by atoms with Crippen LogP contribution < -0.4 is 4.90 Å². The third-order valence-electron chi connectivity index (χ3n) is 4.28. The Morgan fingerprint density at radius 1 is 1.38 bits per heavy atom. The van der Waals surface area contributed by atoms with Crippen LogP contribution in [0.1, 0.15) is 36.1 Å². The van der Waals surface area contributed by atoms with Crippen LogP contribution in [-0.2, 0) is 19.4 Å². The number of nitrogens with zero attached hydrogens (tertiary/aromatic N) is 3. The highest BCUT2D eigenvalue weighted by atomic mass is 16.3. The van der Waals surface area contributed by atoms with Crippen molar-refractivity contribution >= 4 is 5.69 Å². The minimum absolute atomic E-state index is 0.461. The molecule has 0 radical (unpaired) electrons. The molecule has 1 aromatic heterocycles. The fourth-order valence-corrected chi connectivity index (χ4v) is 3.04. The van der Waals surface area contributed by atoms with Crippen molar-refractivity contribution in [1.82, 2.24) is 9.78 Å². The predicted molar refractivity (Wildman–Crippen MR) is 84.6 cm³/mol. The van der Waals surface area contributed by atoms with Crippen molar-refractivity contribution in [3.05, 3.63) is 47.3 Å². The van der Waals surface area contributed by atoms with Crippen LogP contribution in [-0.4, -0.2) is 28.5 Å². The zero-order chi connectivity index (χ0) is 14.8. The maximum atomic E-state index is 10.5. The monoisotopic (exact) mass is 285 g/mol. The molecule has 0 fully saturated rings. The molecule has 0 bridgehead atoms. The third kappa shape index (κ3) is 2.95. The van der Waals surface area contributed by atoms with E-state index in [1.807, 2.05) is 17.1 Å². The number of aliphatic hydroxyl groups is 1. The molecule has 1 aliphatic rings. The van der Waals surface area contributed by atoms with E-state index in [-0.39, 0.29) is 0 Å². The second-order valence-corrected chi connectivity index (χ2v) is 5.84. The first-order chi connectivity index (χ1) is 10.2. The van der Waals surface area contributed by atoms with Crippen LogP contribution in [0, 0.1) is 0 Å². The molecule has 112 valence electrons. The van der Waals surface area contributed by atoms with Gasteiger partial charge in [-0.25, -0.2) is 0 Å². The molecule has 2 heterocycles. The van der Waals surface area contributed by atoms with E-state index < -0.39 is 6.10 Å². The van der Waals surface area contributed by atoms with Crippen LogP contribution in [0.15, 0.2) is 30.6 Å². The molecular weight excluding hydrogens is 262 g/mol. The highest BCUT2D eigenvalue weighted by Gasteiger charge is 2.17. The molecule has 1 unspecified atom stereocenters. The first-order valence-electron chi connectivity index (χ1n) is 7.70. The van der Waals surface area contributed by atoms with Crippen LogP contribution in [0.4, 0.5) is 5.69 Å². The number of aryl methyl sites for hydroxylation is 2. The summed E-state index contributed by atoms with van der Waals surface area (Å²) in [5.41, 5.74) is 4.74. The number of fused-ring (bicyclic) bond motifs is 1. The Morgan fingerprint density at radius 2 is 2.24 bits per heavy atom. The average molecular weight is 285 g/mol. The van der Waals surface area contributed by atoms with Crippen molar-refractivity contribution < 1.29 is 5.11 Å². The zero-order valence-corrected chi connectivity index (χ0v) is 12.8. The van der Waals surface area contributed by atoms with Gasteiger partial charge in [-0.15, -0.1) is 0 Å². The lowest BCUT2D eigenvalue weighted by atomic mass is 9.96. The number of rotatable bonds is 4. The molecule has 1 aromatic carbocycles. The van der Waals surface area contributed by atoms with Gasteiger partial charge in [0, 0.05) is 38.4 Å². The van der Waals surface area contributed by atoms with Gasteiger partial charge in [0.1, 0.15) is 0 Å². The second kappa shape index (κ2) is 5.90. The topological polar surface area (TPSA) is 41.3 Å². The fourth-order valence-electron chi connectivity index (χ4n) is 3.04. The lowest BCUT2D eigenvalue weighted by Gasteiger charge is -2.28. The highest BCUT2D eigenvalue weighted by Crippen LogP contribution is 2.29. The van der Waals surface area contributed by atoms with E-state index in [9.17, 15) is 5.11 Å². The van der Waals surface area contributed by atoms with Gasteiger partial charge in [-0.2, -0.15) is 5.10 Å². The average Bonchev–Trinajstić information content (AvgIpc) is 2.95. The smallest absolute Gasteiger partial charge is 0.0831 e. The normalized spacial score (nSPS) is 15.9. The Labute approximate surface area is 126 Å². The summed E-state index contributed by atoms with van der Waals surface area (Å²) in [7, 11) is 2.13. The quantitative estimate of drug-likeness (QED) is 0.938. The first-order valence-corrected chi connectivity index (χ1v) is 7.70. The molecule has 0 amide bonds. The van der Waals surface area contributed by atoms with Crippen molar-refractivity contribution in [2.75, 3.05) is 18.5 Å². The first kappa shape index (κ1) is 14.1. The largest absolute Gasteiger partial charge is 0.388 e. The molecule has 0 aliphatic carbocycles. The molecule has 0 spiro atoms. The van der Waals surface area contributed by atoms with Crippen LogP contribution in [0.3, 0.4) is 0 Å². The molecule has 4 heteroatoms. The van der Waals surface area contributed by atoms with Crippen LogP contribution in [0.2, 0.25) is 0 Å². The molecule has 1 N–H and O–H groups in total. The van der Waals surface area contributed by atoms with Crippen LogP contribution >= 0.6 is 0 Å². The molecule has 1 atom stereocenters. The van der Waals surface area contributed by atoms with E-state index in [2.05, 4.69) is 42.2 Å². The van der Waals surface area contributed by atoms with Gasteiger partial charge in [-0.3, -0.25) is 4.68 Å². The van der Waals surface area contributed by atoms with Crippen molar-refractivity contribution in [2.24, 2.45) is 0 Å². The van der Waals surface area contributed by atoms with E-state index in [4.69, 9.17) is 0 Å². The second-order valence-electron chi connectivity index (χ2n) is 5.84. The number of hydrogen-bond donors (Lipinski definition) is 1. The lowest BCUT2D eigenvalue weighted by molar-refractivity contribution is 0.178. The van der Waals surface area contributed by atoms with E-state index in [0.717, 1.165) is 30.6 Å². The van der Waals surface area contributed by atoms with Gasteiger partial charge < -0.3 is 10.0 Å². The fraction of sp³-hybridized carbons (Fsp3) is 0.471. The van der Waals surface area contributed by atoms with Crippen molar-refractivity contribution in [3.8, 4) is 0 Å². The standard InChI is InChI=1S/C17H23N3O/c1-3-20-12-13(11-18-20)9-17(21)15-6-7-16-14(10-15)5-4-8-19(16)2/h6-7,10-12,17,21H,3-5,8-9H2,1-2H3. The zero-order valence-electron chi connectivity index (χ0n) is 12.8. The van der Waals surface area contributed by atoms with E-state index >= 15 is 0 Å². The Kier molecular flexibility index (Phi) is 3.97. The summed E-state index contributed by atoms with van der Waals surface area (Å²) in [4.78, 5) is 2.29. The van der Waals surface area contributed by atoms with E-state index in [1.165, 1.54) is 17.7 Å². The maximum Gasteiger partial charge on any atom is 0.0831 e. The molecule has 0 saturated carbocycles. The van der Waals surface area contributed by atoms with Gasteiger partial charge in [0.2, 0.25) is 0 Å². The number of anilines is 1. The molecule has 4 nitrogen and oxygen atoms in total. The van der Waals surface area contributed by atoms with Gasteiger partial charge in [0.05, 0.1) is 12.3 Å². The van der Waals surface area contributed by atoms with Gasteiger partial charge in [0.25, 0.3) is 0 Å². The minimum atomic E-state index is -0.461. The number of hydrogen-bond acceptors (Lipinski definition) is 3. The number of benzene rings is 1. The Balaban J connectivity index is 1.76. The van der Waals surface area contributed by atoms with Gasteiger partial charge >= 0.3 is 0 Å². The molecule has 2 aromatic rings. The van der Waals surface area contributed by atoms with Crippen molar-refractivity contribution in [3.63, 3.8) is 0 Å². The van der Waals surface area contributed by atoms with E-state index in [0.29, 0.717) is 6.42 Å². The molecule has 1 aliphatic heterocycles. The Hall–Kier alpha value is -1.81. The molecule has 21 heavy (non-hydrogen) atoms. The van der Waals surface area contributed by atoms with Crippen molar-refractivity contribution in [1.29, 1.82) is 0 Å². The number of aromatic nitrogens is 2. The van der Waals surface area contributed by atoms with Crippen molar-refractivity contribution in [2.45, 2.75) is 38.8 Å². The minimum Gasteiger partial charge on any atom is -0.388 e. The predicted octanol–water partition coefficient (Wildman–Crippen LogP) is 2.56. The molecule has 3 rings (SSSR count). The number of aliphatic hydroxyl groups excluding tert-OH is 1. The van der Waals surface area contributed by atoms with Gasteiger partial charge in [0.15, 0.2) is 0 Å². The summed E-state index contributed by atoms with van der Waals surface area (Å²) in [6.07, 6.45) is 6.31. The van der Waals surface area contributed by atoms with Crippen LogP contribution in [0.25, 0.3) is 0 Å². The van der Waals surface area contributed by atoms with Gasteiger partial charge in [-0.05, 0) is 42.5 Å². The summed E-state index contributed by atoms with van der Waals surface area (Å²) in [6, 6.07) is 6.36. The third-order valence-corrected chi connectivity index (χ3v) is 4.28. The Bertz CT molecular complexity index is 620. The molecular formula is C17H23N3O. The lowest BCUT2D eigenvalue weighted by Crippen LogP contribution is -2.24. The summed E-state index contributed by atoms with van der Waals surface area (Å²) in [5, 5.41) is 14.7. The summed E-state index contributed by atoms with van der Waals surface area (Å²) in [5.74, 6) is 0.